The number of nitrogens with zero attached hydrogens (tertiary/aromatic N) is 1. The van der Waals surface area contributed by atoms with Gasteiger partial charge in [-0.05, 0) is 51.3 Å². The number of benzene rings is 1. The number of anilines is 1. The highest BCUT2D eigenvalue weighted by molar-refractivity contribution is 5.68. The maximum Gasteiger partial charge on any atom is 0.411 e. The number of alkyl carbamates (subject to hydrolysis) is 1. The summed E-state index contributed by atoms with van der Waals surface area (Å²) in [6.07, 6.45) is 5.51. The van der Waals surface area contributed by atoms with Crippen LogP contribution in [0.1, 0.15) is 32.8 Å². The zero-order valence-corrected chi connectivity index (χ0v) is 13.1. The third kappa shape index (κ3) is 4.81. The number of hydrogen-bond donors (Lipinski definition) is 1. The Kier molecular flexibility index (Phi) is 4.89. The van der Waals surface area contributed by atoms with E-state index in [9.17, 15) is 4.79 Å². The van der Waals surface area contributed by atoms with E-state index >= 15 is 0 Å². The molecule has 4 nitrogen and oxygen atoms in total. The Morgan fingerprint density at radius 3 is 2.90 bits per heavy atom. The van der Waals surface area contributed by atoms with Gasteiger partial charge in [0.25, 0.3) is 0 Å². The van der Waals surface area contributed by atoms with E-state index in [-0.39, 0.29) is 0 Å². The van der Waals surface area contributed by atoms with Gasteiger partial charge in [-0.15, -0.1) is 0 Å². The molecule has 1 aliphatic rings. The number of carbonyl (C=O) groups excluding carboxylic acids is 1. The average molecular weight is 288 g/mol. The summed E-state index contributed by atoms with van der Waals surface area (Å²) in [7, 11) is 0. The molecule has 0 saturated carbocycles. The summed E-state index contributed by atoms with van der Waals surface area (Å²) in [5.41, 5.74) is 2.23. The molecule has 0 bridgehead atoms. The number of rotatable bonds is 3. The number of carbonyl (C=O) groups is 1. The molecule has 114 valence electrons. The van der Waals surface area contributed by atoms with Crippen molar-refractivity contribution in [3.63, 3.8) is 0 Å². The fourth-order valence-electron chi connectivity index (χ4n) is 2.42. The fraction of sp³-hybridized carbons (Fsp3) is 0.471. The summed E-state index contributed by atoms with van der Waals surface area (Å²) in [5.74, 6) is 0. The Balaban J connectivity index is 1.84. The van der Waals surface area contributed by atoms with Crippen LogP contribution in [0, 0.1) is 0 Å². The van der Waals surface area contributed by atoms with Crippen molar-refractivity contribution >= 4 is 11.8 Å². The number of para-hydroxylation sites is 1. The summed E-state index contributed by atoms with van der Waals surface area (Å²) in [4.78, 5) is 13.8. The molecule has 0 saturated heterocycles. The fourth-order valence-corrected chi connectivity index (χ4v) is 2.42. The van der Waals surface area contributed by atoms with Crippen LogP contribution in [0.25, 0.3) is 0 Å². The number of hydrogen-bond acceptors (Lipinski definition) is 3. The van der Waals surface area contributed by atoms with Crippen molar-refractivity contribution in [2.75, 3.05) is 18.0 Å². The van der Waals surface area contributed by atoms with Gasteiger partial charge in [-0.3, -0.25) is 5.32 Å². The van der Waals surface area contributed by atoms with Crippen LogP contribution in [0.3, 0.4) is 0 Å². The van der Waals surface area contributed by atoms with E-state index in [0.29, 0.717) is 0 Å². The highest BCUT2D eigenvalue weighted by atomic mass is 16.6. The smallest absolute Gasteiger partial charge is 0.411 e. The van der Waals surface area contributed by atoms with Crippen LogP contribution in [0.5, 0.6) is 0 Å². The standard InChI is InChI=1S/C17H24N2O2/c1-17(2,3)21-16(20)18-11-7-13-19-12-6-9-14-8-4-5-10-15(14)19/h4-5,7-8,10-11H,6,9,12-13H2,1-3H3,(H,18,20)/b11-7+. The van der Waals surface area contributed by atoms with Crippen LogP contribution in [-0.4, -0.2) is 24.8 Å². The minimum atomic E-state index is -0.469. The zero-order chi connectivity index (χ0) is 15.3. The molecule has 0 unspecified atom stereocenters. The molecule has 0 aromatic heterocycles. The molecule has 0 radical (unpaired) electrons. The normalized spacial score (nSPS) is 14.9. The van der Waals surface area contributed by atoms with Crippen LogP contribution < -0.4 is 10.2 Å². The monoisotopic (exact) mass is 288 g/mol. The Labute approximate surface area is 126 Å². The number of nitrogens with one attached hydrogen (secondary N) is 1. The summed E-state index contributed by atoms with van der Waals surface area (Å²) >= 11 is 0. The Morgan fingerprint density at radius 2 is 2.14 bits per heavy atom. The van der Waals surface area contributed by atoms with Crippen LogP contribution in [0.2, 0.25) is 0 Å². The quantitative estimate of drug-likeness (QED) is 0.926. The van der Waals surface area contributed by atoms with E-state index < -0.39 is 11.7 Å². The summed E-state index contributed by atoms with van der Waals surface area (Å²) < 4.78 is 5.17. The van der Waals surface area contributed by atoms with Crippen molar-refractivity contribution in [3.05, 3.63) is 42.1 Å². The molecule has 1 aliphatic heterocycles. The Morgan fingerprint density at radius 1 is 1.38 bits per heavy atom. The van der Waals surface area contributed by atoms with Crippen molar-refractivity contribution in [2.24, 2.45) is 0 Å². The number of ether oxygens (including phenoxy) is 1. The lowest BCUT2D eigenvalue weighted by atomic mass is 10.0. The maximum absolute atomic E-state index is 11.5. The second kappa shape index (κ2) is 6.66. The van der Waals surface area contributed by atoms with E-state index in [1.54, 1.807) is 6.20 Å². The third-order valence-corrected chi connectivity index (χ3v) is 3.25. The summed E-state index contributed by atoms with van der Waals surface area (Å²) in [6, 6.07) is 8.50. The van der Waals surface area contributed by atoms with Crippen molar-refractivity contribution < 1.29 is 9.53 Å². The lowest BCUT2D eigenvalue weighted by Gasteiger charge is -2.30. The van der Waals surface area contributed by atoms with Crippen LogP contribution in [0.4, 0.5) is 10.5 Å². The first-order valence-corrected chi connectivity index (χ1v) is 7.43. The molecule has 1 aromatic rings. The first-order chi connectivity index (χ1) is 9.96. The molecular formula is C17H24N2O2. The average Bonchev–Trinajstić information content (AvgIpc) is 2.42. The number of aryl methyl sites for hydroxylation is 1. The Hall–Kier alpha value is -1.97. The predicted molar refractivity (Wildman–Crippen MR) is 85.5 cm³/mol. The molecular weight excluding hydrogens is 264 g/mol. The van der Waals surface area contributed by atoms with Gasteiger partial charge >= 0.3 is 6.09 Å². The highest BCUT2D eigenvalue weighted by Gasteiger charge is 2.16. The highest BCUT2D eigenvalue weighted by Crippen LogP contribution is 2.26. The first-order valence-electron chi connectivity index (χ1n) is 7.43. The summed E-state index contributed by atoms with van der Waals surface area (Å²) in [5, 5.41) is 2.63. The van der Waals surface area contributed by atoms with Gasteiger partial charge in [0.1, 0.15) is 5.60 Å². The van der Waals surface area contributed by atoms with Gasteiger partial charge in [0, 0.05) is 25.0 Å². The minimum Gasteiger partial charge on any atom is -0.444 e. The van der Waals surface area contributed by atoms with Gasteiger partial charge in [-0.25, -0.2) is 4.79 Å². The van der Waals surface area contributed by atoms with Gasteiger partial charge in [0.2, 0.25) is 0 Å². The zero-order valence-electron chi connectivity index (χ0n) is 13.1. The largest absolute Gasteiger partial charge is 0.444 e. The lowest BCUT2D eigenvalue weighted by molar-refractivity contribution is 0.0552. The molecule has 21 heavy (non-hydrogen) atoms. The topological polar surface area (TPSA) is 41.6 Å². The number of amides is 1. The second-order valence-corrected chi connectivity index (χ2v) is 6.23. The third-order valence-electron chi connectivity index (χ3n) is 3.25. The molecule has 0 spiro atoms. The first kappa shape index (κ1) is 15.4. The molecule has 0 fully saturated rings. The van der Waals surface area contributed by atoms with Crippen molar-refractivity contribution in [3.8, 4) is 0 Å². The molecule has 1 amide bonds. The molecule has 0 aliphatic carbocycles. The second-order valence-electron chi connectivity index (χ2n) is 6.23. The van der Waals surface area contributed by atoms with E-state index in [0.717, 1.165) is 19.5 Å². The van der Waals surface area contributed by atoms with Crippen molar-refractivity contribution in [1.29, 1.82) is 0 Å². The van der Waals surface area contributed by atoms with Gasteiger partial charge in [-0.2, -0.15) is 0 Å². The van der Waals surface area contributed by atoms with Crippen LogP contribution in [-0.2, 0) is 11.2 Å². The van der Waals surface area contributed by atoms with Gasteiger partial charge in [0.05, 0.1) is 0 Å². The molecule has 2 rings (SSSR count). The molecule has 1 N–H and O–H groups in total. The predicted octanol–water partition coefficient (Wildman–Crippen LogP) is 3.48. The van der Waals surface area contributed by atoms with Gasteiger partial charge < -0.3 is 9.64 Å². The van der Waals surface area contributed by atoms with Crippen LogP contribution in [0.15, 0.2) is 36.5 Å². The van der Waals surface area contributed by atoms with E-state index in [1.165, 1.54) is 17.7 Å². The molecule has 1 heterocycles. The Bertz CT molecular complexity index is 518. The van der Waals surface area contributed by atoms with Crippen molar-refractivity contribution in [2.45, 2.75) is 39.2 Å². The molecule has 1 aromatic carbocycles. The molecule has 0 atom stereocenters. The molecule has 4 heteroatoms. The lowest BCUT2D eigenvalue weighted by Crippen LogP contribution is -2.31. The maximum atomic E-state index is 11.5. The van der Waals surface area contributed by atoms with Gasteiger partial charge in [0.15, 0.2) is 0 Å². The number of fused-ring (bicyclic) bond motifs is 1. The van der Waals surface area contributed by atoms with Crippen molar-refractivity contribution in [1.82, 2.24) is 5.32 Å². The van der Waals surface area contributed by atoms with Gasteiger partial charge in [-0.1, -0.05) is 18.2 Å². The van der Waals surface area contributed by atoms with E-state index in [2.05, 4.69) is 34.5 Å². The van der Waals surface area contributed by atoms with E-state index in [1.807, 2.05) is 26.8 Å². The van der Waals surface area contributed by atoms with E-state index in [4.69, 9.17) is 4.74 Å². The minimum absolute atomic E-state index is 0.419. The summed E-state index contributed by atoms with van der Waals surface area (Å²) in [6.45, 7) is 7.38. The SMILES string of the molecule is CC(C)(C)OC(=O)N/C=C/CN1CCCc2ccccc21. The van der Waals surface area contributed by atoms with Crippen LogP contribution >= 0.6 is 0 Å².